The van der Waals surface area contributed by atoms with Gasteiger partial charge in [0, 0.05) is 63.7 Å². The average Bonchev–Trinajstić information content (AvgIpc) is 4.10. The fraction of sp³-hybridized carbons (Fsp3) is 0.524. The van der Waals surface area contributed by atoms with Crippen LogP contribution in [0.15, 0.2) is 34.1 Å². The van der Waals surface area contributed by atoms with Crippen LogP contribution in [0.25, 0.3) is 21.8 Å². The molecule has 8 N–H and O–H groups in total. The molecule has 2 unspecified atom stereocenters. The summed E-state index contributed by atoms with van der Waals surface area (Å²) < 4.78 is 45.3. The summed E-state index contributed by atoms with van der Waals surface area (Å²) in [5, 5.41) is 19.0. The molecular formula is C42H58F2N6O11. The predicted molar refractivity (Wildman–Crippen MR) is 228 cm³/mol. The van der Waals surface area contributed by atoms with E-state index >= 15 is 8.78 Å². The normalized spacial score (nSPS) is 18.4. The molecule has 0 bridgehead atoms. The van der Waals surface area contributed by atoms with Gasteiger partial charge in [0.1, 0.15) is 22.5 Å². The molecule has 0 radical (unpaired) electrons. The van der Waals surface area contributed by atoms with Gasteiger partial charge in [-0.2, -0.15) is 0 Å². The Kier molecular flexibility index (Phi) is 15.2. The third kappa shape index (κ3) is 9.45. The molecule has 4 aromatic rings. The lowest BCUT2D eigenvalue weighted by atomic mass is 10.1. The van der Waals surface area contributed by atoms with Crippen LogP contribution in [0.1, 0.15) is 71.3 Å². The number of aromatic nitrogens is 2. The summed E-state index contributed by atoms with van der Waals surface area (Å²) in [6.45, 7) is 4.66. The molecule has 4 fully saturated rings. The van der Waals surface area contributed by atoms with Crippen molar-refractivity contribution in [2.24, 2.45) is 11.8 Å². The van der Waals surface area contributed by atoms with Crippen LogP contribution < -0.4 is 30.1 Å². The number of carbonyl (C=O) groups is 2. The smallest absolute Gasteiger partial charge is 0.341 e. The van der Waals surface area contributed by atoms with Gasteiger partial charge in [0.25, 0.3) is 0 Å². The largest absolute Gasteiger partial charge is 0.492 e. The highest BCUT2D eigenvalue weighted by Gasteiger charge is 2.35. The number of methoxy groups -OCH3 is 2. The third-order valence-corrected chi connectivity index (χ3v) is 11.6. The summed E-state index contributed by atoms with van der Waals surface area (Å²) >= 11 is 0. The Balaban J connectivity index is 0.000000256. The second kappa shape index (κ2) is 19.1. The van der Waals surface area contributed by atoms with Gasteiger partial charge in [0.15, 0.2) is 23.1 Å². The maximum absolute atomic E-state index is 15.2. The molecule has 2 atom stereocenters. The summed E-state index contributed by atoms with van der Waals surface area (Å²) in [5.74, 6) is -2.25. The van der Waals surface area contributed by atoms with Crippen molar-refractivity contribution in [3.8, 4) is 11.5 Å². The number of rotatable bonds is 12. The number of nitrogens with zero attached hydrogens (tertiary/aromatic N) is 6. The van der Waals surface area contributed by atoms with Crippen LogP contribution in [0.2, 0.25) is 0 Å². The van der Waals surface area contributed by atoms with Crippen LogP contribution in [-0.2, 0) is 0 Å². The van der Waals surface area contributed by atoms with Crippen molar-refractivity contribution < 1.29 is 54.5 Å². The van der Waals surface area contributed by atoms with Crippen LogP contribution >= 0.6 is 0 Å². The lowest BCUT2D eigenvalue weighted by Crippen LogP contribution is -2.27. The third-order valence-electron chi connectivity index (χ3n) is 11.6. The Morgan fingerprint density at radius 3 is 1.28 bits per heavy atom. The molecule has 2 aromatic heterocycles. The molecular weight excluding hydrogens is 802 g/mol. The first kappa shape index (κ1) is 48.3. The van der Waals surface area contributed by atoms with Crippen LogP contribution in [0.5, 0.6) is 11.5 Å². The van der Waals surface area contributed by atoms with E-state index in [1.54, 1.807) is 9.13 Å². The van der Waals surface area contributed by atoms with E-state index in [9.17, 15) is 29.4 Å². The van der Waals surface area contributed by atoms with Crippen molar-refractivity contribution in [1.82, 2.24) is 18.9 Å². The van der Waals surface area contributed by atoms with Gasteiger partial charge in [-0.1, -0.05) is 0 Å². The minimum atomic E-state index is -1.30. The number of hydrogen-bond acceptors (Lipinski definition) is 10. The molecule has 17 nitrogen and oxygen atoms in total. The molecule has 0 spiro atoms. The Hall–Kier alpha value is -5.34. The highest BCUT2D eigenvalue weighted by Crippen LogP contribution is 2.46. The van der Waals surface area contributed by atoms with Gasteiger partial charge in [0.05, 0.1) is 36.0 Å². The summed E-state index contributed by atoms with van der Waals surface area (Å²) in [6.07, 6.45) is 8.23. The summed E-state index contributed by atoms with van der Waals surface area (Å²) in [6, 6.07) is 2.56. The molecule has 4 heterocycles. The van der Waals surface area contributed by atoms with E-state index in [1.165, 1.54) is 38.7 Å². The average molecular weight is 861 g/mol. The molecule has 2 aliphatic heterocycles. The maximum atomic E-state index is 15.2. The summed E-state index contributed by atoms with van der Waals surface area (Å²) in [4.78, 5) is 56.8. The Bertz CT molecular complexity index is 2230. The first-order chi connectivity index (χ1) is 27.6. The van der Waals surface area contributed by atoms with Crippen molar-refractivity contribution in [1.29, 1.82) is 0 Å². The molecule has 8 rings (SSSR count). The molecule has 0 amide bonds. The monoisotopic (exact) mass is 860 g/mol. The van der Waals surface area contributed by atoms with Crippen LogP contribution in [0.3, 0.4) is 0 Å². The Labute approximate surface area is 351 Å². The zero-order valence-corrected chi connectivity index (χ0v) is 35.4. The van der Waals surface area contributed by atoms with Crippen molar-refractivity contribution >= 4 is 45.1 Å². The minimum absolute atomic E-state index is 0. The van der Waals surface area contributed by atoms with Gasteiger partial charge in [-0.15, -0.1) is 0 Å². The molecule has 2 aliphatic carbocycles. The Morgan fingerprint density at radius 2 is 1.00 bits per heavy atom. The van der Waals surface area contributed by atoms with Gasteiger partial charge < -0.3 is 64.8 Å². The van der Waals surface area contributed by atoms with Crippen LogP contribution in [0, 0.1) is 23.5 Å². The lowest BCUT2D eigenvalue weighted by Gasteiger charge is -2.25. The number of ether oxygens (including phenoxy) is 2. The standard InChI is InChI=1S/2C21H26FN3O4.3H2O/c2*1-23(2)9-12-6-7-24(10-12)18-16(22)8-14-17(20(18)29-3)25(13-4-5-13)11-15(19(14)26)21(27)28;;;/h2*8,11-13H,4-7,9-10H2,1-3H3,(H,27,28);3*1H2. The second-order valence-corrected chi connectivity index (χ2v) is 16.6. The topological polar surface area (TPSA) is 245 Å². The fourth-order valence-electron chi connectivity index (χ4n) is 8.85. The molecule has 4 aliphatic rings. The van der Waals surface area contributed by atoms with Crippen LogP contribution in [0.4, 0.5) is 20.2 Å². The number of hydrogen-bond donors (Lipinski definition) is 2. The van der Waals surface area contributed by atoms with E-state index < -0.39 is 34.4 Å². The highest BCUT2D eigenvalue weighted by atomic mass is 19.1. The summed E-state index contributed by atoms with van der Waals surface area (Å²) in [5.41, 5.74) is -0.358. The van der Waals surface area contributed by atoms with Crippen molar-refractivity contribution in [2.45, 2.75) is 50.6 Å². The predicted octanol–water partition coefficient (Wildman–Crippen LogP) is 2.67. The molecule has 2 aromatic carbocycles. The van der Waals surface area contributed by atoms with Gasteiger partial charge in [-0.05, 0) is 90.7 Å². The summed E-state index contributed by atoms with van der Waals surface area (Å²) in [7, 11) is 11.0. The van der Waals surface area contributed by atoms with Crippen LogP contribution in [-0.4, -0.2) is 139 Å². The van der Waals surface area contributed by atoms with Crippen molar-refractivity contribution in [3.05, 3.63) is 67.7 Å². The number of halogens is 2. The number of pyridine rings is 2. The minimum Gasteiger partial charge on any atom is -0.492 e. The SMILES string of the molecule is COc1c(N2CCC(CN(C)C)C2)c(F)cc2c(=O)c(C(=O)O)cn(C3CC3)c12.COc1c(N2CCC(CN(C)C)C2)c(F)cc2c(=O)c(C(=O)O)cn(C3CC3)c12.O.O.O. The van der Waals surface area contributed by atoms with Gasteiger partial charge in [0.2, 0.25) is 10.9 Å². The van der Waals surface area contributed by atoms with Gasteiger partial charge >= 0.3 is 11.9 Å². The number of benzene rings is 2. The van der Waals surface area contributed by atoms with E-state index in [0.29, 0.717) is 71.9 Å². The van der Waals surface area contributed by atoms with E-state index in [1.807, 2.05) is 38.0 Å². The van der Waals surface area contributed by atoms with E-state index in [-0.39, 0.29) is 50.4 Å². The Morgan fingerprint density at radius 1 is 0.656 bits per heavy atom. The number of fused-ring (bicyclic) bond motifs is 2. The van der Waals surface area contributed by atoms with Gasteiger partial charge in [-0.3, -0.25) is 9.59 Å². The van der Waals surface area contributed by atoms with E-state index in [4.69, 9.17) is 9.47 Å². The first-order valence-electron chi connectivity index (χ1n) is 19.8. The second-order valence-electron chi connectivity index (χ2n) is 16.6. The fourth-order valence-corrected chi connectivity index (χ4v) is 8.85. The molecule has 2 saturated carbocycles. The molecule has 336 valence electrons. The van der Waals surface area contributed by atoms with Gasteiger partial charge in [-0.25, -0.2) is 18.4 Å². The molecule has 19 heteroatoms. The number of aromatic carboxylic acids is 2. The van der Waals surface area contributed by atoms with Crippen molar-refractivity contribution in [2.75, 3.05) is 91.5 Å². The van der Waals surface area contributed by atoms with E-state index in [0.717, 1.165) is 51.6 Å². The quantitative estimate of drug-likeness (QED) is 0.209. The highest BCUT2D eigenvalue weighted by molar-refractivity contribution is 5.98. The first-order valence-corrected chi connectivity index (χ1v) is 19.8. The number of anilines is 2. The number of carboxylic acids is 2. The maximum Gasteiger partial charge on any atom is 0.341 e. The zero-order chi connectivity index (χ0) is 41.7. The molecule has 61 heavy (non-hydrogen) atoms. The zero-order valence-electron chi connectivity index (χ0n) is 35.4. The van der Waals surface area contributed by atoms with Crippen molar-refractivity contribution in [3.63, 3.8) is 0 Å². The lowest BCUT2D eigenvalue weighted by molar-refractivity contribution is 0.0684. The molecule has 2 saturated heterocycles. The number of carboxylic acid groups (broad SMARTS) is 2. The van der Waals surface area contributed by atoms with E-state index in [2.05, 4.69) is 9.80 Å².